The predicted molar refractivity (Wildman–Crippen MR) is 56.7 cm³/mol. The molecule has 0 saturated carbocycles. The van der Waals surface area contributed by atoms with Gasteiger partial charge in [0.05, 0.1) is 25.9 Å². The first-order valence-corrected chi connectivity index (χ1v) is 5.80. The lowest BCUT2D eigenvalue weighted by Gasteiger charge is -2.17. The van der Waals surface area contributed by atoms with Gasteiger partial charge in [-0.25, -0.2) is 0 Å². The molecule has 0 spiro atoms. The van der Waals surface area contributed by atoms with Gasteiger partial charge in [-0.1, -0.05) is 26.2 Å². The highest BCUT2D eigenvalue weighted by Crippen LogP contribution is 2.22. The Morgan fingerprint density at radius 3 is 2.73 bits per heavy atom. The molecule has 0 aromatic rings. The molecule has 0 bridgehead atoms. The van der Waals surface area contributed by atoms with E-state index in [4.69, 9.17) is 19.7 Å². The van der Waals surface area contributed by atoms with Gasteiger partial charge in [-0.3, -0.25) is 0 Å². The summed E-state index contributed by atoms with van der Waals surface area (Å²) in [4.78, 5) is 0. The van der Waals surface area contributed by atoms with Crippen LogP contribution in [0.4, 0.5) is 0 Å². The summed E-state index contributed by atoms with van der Waals surface area (Å²) in [7, 11) is 0. The van der Waals surface area contributed by atoms with E-state index in [1.54, 1.807) is 0 Å². The number of ether oxygens (including phenoxy) is 2. The lowest BCUT2D eigenvalue weighted by Crippen LogP contribution is -2.27. The molecule has 0 amide bonds. The lowest BCUT2D eigenvalue weighted by molar-refractivity contribution is -0.0402. The molecule has 0 aliphatic carbocycles. The van der Waals surface area contributed by atoms with Crippen molar-refractivity contribution < 1.29 is 19.7 Å². The maximum atomic E-state index is 9.16. The molecule has 4 heteroatoms. The van der Waals surface area contributed by atoms with Crippen molar-refractivity contribution in [3.8, 4) is 0 Å². The summed E-state index contributed by atoms with van der Waals surface area (Å²) < 4.78 is 10.7. The highest BCUT2D eigenvalue weighted by atomic mass is 16.6. The average molecular weight is 218 g/mol. The van der Waals surface area contributed by atoms with Crippen LogP contribution in [0.25, 0.3) is 0 Å². The van der Waals surface area contributed by atoms with E-state index in [0.29, 0.717) is 0 Å². The second kappa shape index (κ2) is 7.17. The zero-order chi connectivity index (χ0) is 11.1. The van der Waals surface area contributed by atoms with Crippen LogP contribution >= 0.6 is 0 Å². The van der Waals surface area contributed by atoms with E-state index in [0.717, 1.165) is 19.4 Å². The maximum Gasteiger partial charge on any atom is 0.107 e. The number of rotatable bonds is 9. The van der Waals surface area contributed by atoms with Gasteiger partial charge in [0, 0.05) is 0 Å². The molecule has 0 radical (unpaired) electrons. The summed E-state index contributed by atoms with van der Waals surface area (Å²) in [5.41, 5.74) is 0. The standard InChI is InChI=1S/C11H22O4/c1-2-3-4-5-10(11-8-15-11)14-7-9(13)6-12/h9-13H,2-8H2,1H3. The zero-order valence-electron chi connectivity index (χ0n) is 9.39. The molecule has 0 aromatic heterocycles. The van der Waals surface area contributed by atoms with Crippen molar-refractivity contribution in [3.63, 3.8) is 0 Å². The van der Waals surface area contributed by atoms with Gasteiger partial charge in [-0.05, 0) is 6.42 Å². The minimum Gasteiger partial charge on any atom is -0.394 e. The molecule has 1 heterocycles. The fourth-order valence-electron chi connectivity index (χ4n) is 1.53. The van der Waals surface area contributed by atoms with Crippen LogP contribution in [0.1, 0.15) is 32.6 Å². The number of aliphatic hydroxyl groups excluding tert-OH is 2. The monoisotopic (exact) mass is 218 g/mol. The second-order valence-electron chi connectivity index (χ2n) is 4.08. The van der Waals surface area contributed by atoms with Crippen molar-refractivity contribution in [1.82, 2.24) is 0 Å². The minimum absolute atomic E-state index is 0.0951. The summed E-state index contributed by atoms with van der Waals surface area (Å²) in [6.07, 6.45) is 4.06. The first-order chi connectivity index (χ1) is 7.27. The molecule has 0 aromatic carbocycles. The molecule has 15 heavy (non-hydrogen) atoms. The van der Waals surface area contributed by atoms with Crippen LogP contribution in [-0.4, -0.2) is 48.3 Å². The quantitative estimate of drug-likeness (QED) is 0.442. The van der Waals surface area contributed by atoms with Crippen molar-refractivity contribution in [2.75, 3.05) is 19.8 Å². The number of unbranched alkanes of at least 4 members (excludes halogenated alkanes) is 2. The Morgan fingerprint density at radius 2 is 2.20 bits per heavy atom. The van der Waals surface area contributed by atoms with Crippen molar-refractivity contribution in [3.05, 3.63) is 0 Å². The van der Waals surface area contributed by atoms with Crippen LogP contribution in [0.15, 0.2) is 0 Å². The lowest BCUT2D eigenvalue weighted by atomic mass is 10.1. The molecule has 1 aliphatic heterocycles. The van der Waals surface area contributed by atoms with Crippen LogP contribution in [-0.2, 0) is 9.47 Å². The molecular weight excluding hydrogens is 196 g/mol. The van der Waals surface area contributed by atoms with Gasteiger partial charge in [-0.15, -0.1) is 0 Å². The number of hydrogen-bond acceptors (Lipinski definition) is 4. The molecule has 1 fully saturated rings. The van der Waals surface area contributed by atoms with Crippen LogP contribution in [0.5, 0.6) is 0 Å². The fourth-order valence-corrected chi connectivity index (χ4v) is 1.53. The minimum atomic E-state index is -0.766. The number of aliphatic hydroxyl groups is 2. The largest absolute Gasteiger partial charge is 0.394 e. The highest BCUT2D eigenvalue weighted by Gasteiger charge is 2.33. The molecule has 2 N–H and O–H groups in total. The van der Waals surface area contributed by atoms with Crippen LogP contribution in [0.2, 0.25) is 0 Å². The van der Waals surface area contributed by atoms with Gasteiger partial charge >= 0.3 is 0 Å². The first-order valence-electron chi connectivity index (χ1n) is 5.80. The molecule has 90 valence electrons. The second-order valence-corrected chi connectivity index (χ2v) is 4.08. The normalized spacial score (nSPS) is 23.8. The van der Waals surface area contributed by atoms with E-state index >= 15 is 0 Å². The Morgan fingerprint density at radius 1 is 1.47 bits per heavy atom. The van der Waals surface area contributed by atoms with Crippen LogP contribution in [0.3, 0.4) is 0 Å². The van der Waals surface area contributed by atoms with Gasteiger partial charge in [0.1, 0.15) is 12.2 Å². The van der Waals surface area contributed by atoms with E-state index in [1.165, 1.54) is 12.8 Å². The van der Waals surface area contributed by atoms with E-state index in [-0.39, 0.29) is 25.4 Å². The van der Waals surface area contributed by atoms with Crippen molar-refractivity contribution in [2.24, 2.45) is 0 Å². The van der Waals surface area contributed by atoms with Crippen LogP contribution < -0.4 is 0 Å². The third-order valence-electron chi connectivity index (χ3n) is 2.58. The van der Waals surface area contributed by atoms with Crippen molar-refractivity contribution in [1.29, 1.82) is 0 Å². The Labute approximate surface area is 91.2 Å². The van der Waals surface area contributed by atoms with Crippen molar-refractivity contribution in [2.45, 2.75) is 50.9 Å². The molecule has 3 unspecified atom stereocenters. The Hall–Kier alpha value is -0.160. The molecule has 3 atom stereocenters. The first kappa shape index (κ1) is 12.9. The Kier molecular flexibility index (Phi) is 6.17. The molecule has 1 saturated heterocycles. The summed E-state index contributed by atoms with van der Waals surface area (Å²) in [6.45, 7) is 2.89. The summed E-state index contributed by atoms with van der Waals surface area (Å²) in [5, 5.41) is 17.8. The van der Waals surface area contributed by atoms with Crippen LogP contribution in [0, 0.1) is 0 Å². The molecule has 1 aliphatic rings. The number of epoxide rings is 1. The third-order valence-corrected chi connectivity index (χ3v) is 2.58. The summed E-state index contributed by atoms with van der Waals surface area (Å²) in [6, 6.07) is 0. The predicted octanol–water partition coefficient (Wildman–Crippen LogP) is 0.704. The van der Waals surface area contributed by atoms with E-state index in [2.05, 4.69) is 6.92 Å². The van der Waals surface area contributed by atoms with Gasteiger partial charge in [0.15, 0.2) is 0 Å². The smallest absolute Gasteiger partial charge is 0.107 e. The van der Waals surface area contributed by atoms with Gasteiger partial charge in [0.2, 0.25) is 0 Å². The molecule has 1 rings (SSSR count). The zero-order valence-corrected chi connectivity index (χ0v) is 9.39. The van der Waals surface area contributed by atoms with E-state index in [9.17, 15) is 0 Å². The fraction of sp³-hybridized carbons (Fsp3) is 1.00. The average Bonchev–Trinajstić information content (AvgIpc) is 3.06. The highest BCUT2D eigenvalue weighted by molar-refractivity contribution is 4.80. The van der Waals surface area contributed by atoms with E-state index < -0.39 is 6.10 Å². The topological polar surface area (TPSA) is 62.2 Å². The van der Waals surface area contributed by atoms with E-state index in [1.807, 2.05) is 0 Å². The van der Waals surface area contributed by atoms with Gasteiger partial charge in [0.25, 0.3) is 0 Å². The molecular formula is C11H22O4. The third kappa shape index (κ3) is 5.47. The number of hydrogen-bond donors (Lipinski definition) is 2. The van der Waals surface area contributed by atoms with Gasteiger partial charge < -0.3 is 19.7 Å². The maximum absolute atomic E-state index is 9.16. The van der Waals surface area contributed by atoms with Crippen molar-refractivity contribution >= 4 is 0 Å². The summed E-state index contributed by atoms with van der Waals surface area (Å²) in [5.74, 6) is 0. The SMILES string of the molecule is CCCCCC(OCC(O)CO)C1CO1. The summed E-state index contributed by atoms with van der Waals surface area (Å²) >= 11 is 0. The van der Waals surface area contributed by atoms with Gasteiger partial charge in [-0.2, -0.15) is 0 Å². The Balaban J connectivity index is 2.12. The molecule has 4 nitrogen and oxygen atoms in total. The Bertz CT molecular complexity index is 159.